The zero-order valence-electron chi connectivity index (χ0n) is 8.80. The summed E-state index contributed by atoms with van der Waals surface area (Å²) in [5, 5.41) is -0.757. The fourth-order valence-electron chi connectivity index (χ4n) is 1.80. The highest BCUT2D eigenvalue weighted by atomic mass is 35.5. The van der Waals surface area contributed by atoms with E-state index in [1.54, 1.807) is 0 Å². The summed E-state index contributed by atoms with van der Waals surface area (Å²) in [7, 11) is 0. The van der Waals surface area contributed by atoms with Gasteiger partial charge in [-0.3, -0.25) is 4.79 Å². The van der Waals surface area contributed by atoms with Gasteiger partial charge in [0, 0.05) is 5.56 Å². The fraction of sp³-hybridized carbons (Fsp3) is 0.364. The Labute approximate surface area is 104 Å². The van der Waals surface area contributed by atoms with Crippen LogP contribution in [0.1, 0.15) is 22.3 Å². The summed E-state index contributed by atoms with van der Waals surface area (Å²) in [5.41, 5.74) is -2.30. The summed E-state index contributed by atoms with van der Waals surface area (Å²) in [4.78, 5) is 10.8. The number of halogens is 5. The van der Waals surface area contributed by atoms with E-state index in [4.69, 9.17) is 11.6 Å². The summed E-state index contributed by atoms with van der Waals surface area (Å²) in [6, 6.07) is 4.66. The number of benzene rings is 1. The quantitative estimate of drug-likeness (QED) is 0.624. The third-order valence-corrected chi connectivity index (χ3v) is 3.02. The molecule has 1 aromatic carbocycles. The third-order valence-electron chi connectivity index (χ3n) is 2.81. The number of carbonyl (C=O) groups excluding carboxylic acids is 1. The van der Waals surface area contributed by atoms with E-state index in [1.165, 1.54) is 12.1 Å². The second kappa shape index (κ2) is 4.20. The maximum absolute atomic E-state index is 13.2. The average Bonchev–Trinajstić information content (AvgIpc) is 2.80. The number of carbonyl (C=O) groups is 1. The smallest absolute Gasteiger partial charge is 0.305 e. The molecule has 1 fully saturated rings. The lowest BCUT2D eigenvalue weighted by atomic mass is 10.1. The van der Waals surface area contributed by atoms with Crippen LogP contribution in [0.25, 0.3) is 0 Å². The molecule has 1 atom stereocenters. The van der Waals surface area contributed by atoms with E-state index in [0.29, 0.717) is 0 Å². The number of alkyl halides is 4. The van der Waals surface area contributed by atoms with Crippen LogP contribution in [-0.4, -0.2) is 17.8 Å². The van der Waals surface area contributed by atoms with Crippen molar-refractivity contribution in [3.05, 3.63) is 35.4 Å². The first kappa shape index (κ1) is 13.3. The van der Waals surface area contributed by atoms with Crippen molar-refractivity contribution in [2.24, 2.45) is 0 Å². The molecule has 0 aromatic heterocycles. The molecule has 1 aromatic rings. The van der Waals surface area contributed by atoms with Crippen LogP contribution in [0.2, 0.25) is 0 Å². The van der Waals surface area contributed by atoms with Gasteiger partial charge in [-0.1, -0.05) is 12.1 Å². The standard InChI is InChI=1S/C11H7ClF4O2/c12-8(17)6-1-3-7(4-2-6)10(18-9(13)14)5-11(10,15)16/h1-4,9H,5H2. The molecule has 2 rings (SSSR count). The van der Waals surface area contributed by atoms with Crippen LogP contribution < -0.4 is 0 Å². The molecule has 98 valence electrons. The Morgan fingerprint density at radius 1 is 1.28 bits per heavy atom. The molecule has 1 saturated carbocycles. The summed E-state index contributed by atoms with van der Waals surface area (Å²) < 4.78 is 54.8. The molecule has 7 heteroatoms. The van der Waals surface area contributed by atoms with Crippen LogP contribution in [-0.2, 0) is 10.3 Å². The Morgan fingerprint density at radius 3 is 2.11 bits per heavy atom. The van der Waals surface area contributed by atoms with E-state index in [2.05, 4.69) is 4.74 Å². The summed E-state index contributed by atoms with van der Waals surface area (Å²) in [6.45, 7) is -3.30. The molecule has 0 bridgehead atoms. The van der Waals surface area contributed by atoms with E-state index in [1.807, 2.05) is 0 Å². The van der Waals surface area contributed by atoms with Crippen LogP contribution in [0.15, 0.2) is 24.3 Å². The summed E-state index contributed by atoms with van der Waals surface area (Å²) in [5.74, 6) is -3.34. The molecule has 0 heterocycles. The maximum Gasteiger partial charge on any atom is 0.346 e. The molecular formula is C11H7ClF4O2. The maximum atomic E-state index is 13.2. The van der Waals surface area contributed by atoms with Crippen LogP contribution >= 0.6 is 11.6 Å². The van der Waals surface area contributed by atoms with Crippen molar-refractivity contribution in [2.45, 2.75) is 24.6 Å². The highest BCUT2D eigenvalue weighted by Crippen LogP contribution is 2.62. The van der Waals surface area contributed by atoms with Crippen LogP contribution in [0.4, 0.5) is 17.6 Å². The van der Waals surface area contributed by atoms with Crippen LogP contribution in [0.5, 0.6) is 0 Å². The van der Waals surface area contributed by atoms with Crippen molar-refractivity contribution < 1.29 is 27.1 Å². The monoisotopic (exact) mass is 282 g/mol. The highest BCUT2D eigenvalue weighted by molar-refractivity contribution is 6.67. The number of hydrogen-bond donors (Lipinski definition) is 0. The minimum Gasteiger partial charge on any atom is -0.305 e. The predicted molar refractivity (Wildman–Crippen MR) is 55.0 cm³/mol. The lowest BCUT2D eigenvalue weighted by Crippen LogP contribution is -2.23. The minimum absolute atomic E-state index is 0.0941. The molecule has 0 amide bonds. The van der Waals surface area contributed by atoms with Gasteiger partial charge in [-0.25, -0.2) is 8.78 Å². The second-order valence-corrected chi connectivity index (χ2v) is 4.28. The molecule has 0 saturated heterocycles. The summed E-state index contributed by atoms with van der Waals surface area (Å²) in [6.07, 6.45) is -0.807. The second-order valence-electron chi connectivity index (χ2n) is 3.94. The zero-order chi connectivity index (χ0) is 13.6. The molecule has 0 N–H and O–H groups in total. The van der Waals surface area contributed by atoms with Gasteiger partial charge >= 0.3 is 6.61 Å². The molecule has 2 nitrogen and oxygen atoms in total. The van der Waals surface area contributed by atoms with E-state index in [9.17, 15) is 22.4 Å². The molecule has 1 aliphatic carbocycles. The van der Waals surface area contributed by atoms with Gasteiger partial charge in [0.05, 0.1) is 6.42 Å². The number of hydrogen-bond acceptors (Lipinski definition) is 2. The minimum atomic E-state index is -3.34. The van der Waals surface area contributed by atoms with Gasteiger partial charge in [0.15, 0.2) is 5.60 Å². The molecule has 18 heavy (non-hydrogen) atoms. The van der Waals surface area contributed by atoms with Crippen LogP contribution in [0.3, 0.4) is 0 Å². The Hall–Kier alpha value is -1.14. The summed E-state index contributed by atoms with van der Waals surface area (Å²) >= 11 is 5.19. The molecule has 1 unspecified atom stereocenters. The number of rotatable bonds is 4. The van der Waals surface area contributed by atoms with E-state index >= 15 is 0 Å². The lowest BCUT2D eigenvalue weighted by Gasteiger charge is -2.17. The van der Waals surface area contributed by atoms with Gasteiger partial charge in [0.25, 0.3) is 11.2 Å². The SMILES string of the molecule is O=C(Cl)c1ccc(C2(OC(F)F)CC2(F)F)cc1. The van der Waals surface area contributed by atoms with Crippen molar-refractivity contribution in [1.29, 1.82) is 0 Å². The Kier molecular flexibility index (Phi) is 3.11. The molecular weight excluding hydrogens is 276 g/mol. The lowest BCUT2D eigenvalue weighted by molar-refractivity contribution is -0.202. The van der Waals surface area contributed by atoms with E-state index in [-0.39, 0.29) is 11.1 Å². The van der Waals surface area contributed by atoms with Gasteiger partial charge in [0.1, 0.15) is 0 Å². The first-order valence-electron chi connectivity index (χ1n) is 4.93. The van der Waals surface area contributed by atoms with Crippen molar-refractivity contribution in [1.82, 2.24) is 0 Å². The number of ether oxygens (including phenoxy) is 1. The van der Waals surface area contributed by atoms with E-state index < -0.39 is 29.8 Å². The highest BCUT2D eigenvalue weighted by Gasteiger charge is 2.74. The van der Waals surface area contributed by atoms with Gasteiger partial charge in [-0.15, -0.1) is 0 Å². The van der Waals surface area contributed by atoms with Gasteiger partial charge in [0.2, 0.25) is 0 Å². The van der Waals surface area contributed by atoms with Crippen molar-refractivity contribution in [3.63, 3.8) is 0 Å². The van der Waals surface area contributed by atoms with Crippen molar-refractivity contribution in [2.75, 3.05) is 0 Å². The first-order valence-corrected chi connectivity index (χ1v) is 5.30. The Balaban J connectivity index is 2.31. The van der Waals surface area contributed by atoms with E-state index in [0.717, 1.165) is 12.1 Å². The van der Waals surface area contributed by atoms with Gasteiger partial charge < -0.3 is 4.74 Å². The zero-order valence-corrected chi connectivity index (χ0v) is 9.56. The molecule has 0 radical (unpaired) electrons. The molecule has 0 spiro atoms. The molecule has 0 aliphatic heterocycles. The molecule has 1 aliphatic rings. The predicted octanol–water partition coefficient (Wildman–Crippen LogP) is 3.54. The Morgan fingerprint density at radius 2 is 1.78 bits per heavy atom. The van der Waals surface area contributed by atoms with Gasteiger partial charge in [-0.2, -0.15) is 8.78 Å². The largest absolute Gasteiger partial charge is 0.346 e. The normalized spacial score (nSPS) is 25.2. The first-order chi connectivity index (χ1) is 8.28. The fourth-order valence-corrected chi connectivity index (χ4v) is 1.93. The topological polar surface area (TPSA) is 26.3 Å². The van der Waals surface area contributed by atoms with Gasteiger partial charge in [-0.05, 0) is 29.3 Å². The average molecular weight is 283 g/mol. The van der Waals surface area contributed by atoms with Crippen LogP contribution in [0, 0.1) is 0 Å². The third kappa shape index (κ3) is 2.10. The Bertz CT molecular complexity index is 474. The van der Waals surface area contributed by atoms with Crippen molar-refractivity contribution >= 4 is 16.8 Å². The van der Waals surface area contributed by atoms with Crippen molar-refractivity contribution in [3.8, 4) is 0 Å².